The number of thiazole rings is 1. The van der Waals surface area contributed by atoms with E-state index in [-0.39, 0.29) is 5.91 Å². The first-order valence-electron chi connectivity index (χ1n) is 8.47. The van der Waals surface area contributed by atoms with E-state index >= 15 is 0 Å². The van der Waals surface area contributed by atoms with Gasteiger partial charge in [0.25, 0.3) is 5.91 Å². The first-order valence-corrected chi connectivity index (χ1v) is 9.28. The van der Waals surface area contributed by atoms with Crippen molar-refractivity contribution in [3.05, 3.63) is 88.8 Å². The van der Waals surface area contributed by atoms with Gasteiger partial charge in [0.2, 0.25) is 0 Å². The zero-order valence-electron chi connectivity index (χ0n) is 14.6. The summed E-state index contributed by atoms with van der Waals surface area (Å²) in [5, 5.41) is 12.4. The quantitative estimate of drug-likeness (QED) is 0.545. The molecule has 136 valence electrons. The number of amides is 1. The van der Waals surface area contributed by atoms with Crippen molar-refractivity contribution in [2.45, 2.75) is 6.42 Å². The van der Waals surface area contributed by atoms with Gasteiger partial charge in [0.05, 0.1) is 17.9 Å². The Hall–Kier alpha value is -3.76. The summed E-state index contributed by atoms with van der Waals surface area (Å²) < 4.78 is 5.52. The lowest BCUT2D eigenvalue weighted by molar-refractivity contribution is 0.102. The third kappa shape index (κ3) is 3.82. The number of carbonyl (C=O) groups is 1. The molecule has 7 heteroatoms. The standard InChI is InChI=1S/C21H14N4O2S/c22-13-15-4-1-3-14(11-15)12-18-19(17-5-2-10-27-17)24-21(28-18)25-20(26)16-6-8-23-9-7-16/h1-11H,12H2,(H,24,25,26). The Bertz CT molecular complexity index is 1140. The highest BCUT2D eigenvalue weighted by atomic mass is 32.1. The van der Waals surface area contributed by atoms with Crippen LogP contribution in [-0.2, 0) is 6.42 Å². The van der Waals surface area contributed by atoms with Crippen molar-refractivity contribution in [2.24, 2.45) is 0 Å². The normalized spacial score (nSPS) is 10.4. The molecule has 0 aliphatic carbocycles. The Morgan fingerprint density at radius 1 is 1.18 bits per heavy atom. The van der Waals surface area contributed by atoms with Crippen LogP contribution in [0.4, 0.5) is 5.13 Å². The number of aromatic nitrogens is 2. The van der Waals surface area contributed by atoms with E-state index in [1.54, 1.807) is 42.9 Å². The molecule has 3 aromatic heterocycles. The minimum absolute atomic E-state index is 0.250. The molecule has 1 aromatic carbocycles. The van der Waals surface area contributed by atoms with E-state index in [4.69, 9.17) is 9.68 Å². The van der Waals surface area contributed by atoms with Crippen LogP contribution in [0.25, 0.3) is 11.5 Å². The van der Waals surface area contributed by atoms with E-state index in [0.717, 1.165) is 10.4 Å². The van der Waals surface area contributed by atoms with Gasteiger partial charge in [0, 0.05) is 29.3 Å². The van der Waals surface area contributed by atoms with Crippen molar-refractivity contribution in [3.63, 3.8) is 0 Å². The molecule has 1 N–H and O–H groups in total. The smallest absolute Gasteiger partial charge is 0.257 e. The molecule has 0 unspecified atom stereocenters. The molecule has 1 amide bonds. The summed E-state index contributed by atoms with van der Waals surface area (Å²) in [6.07, 6.45) is 5.30. The van der Waals surface area contributed by atoms with Crippen LogP contribution < -0.4 is 5.32 Å². The number of rotatable bonds is 5. The van der Waals surface area contributed by atoms with Gasteiger partial charge < -0.3 is 4.42 Å². The van der Waals surface area contributed by atoms with Gasteiger partial charge in [0.15, 0.2) is 10.9 Å². The average Bonchev–Trinajstić information content (AvgIpc) is 3.39. The van der Waals surface area contributed by atoms with Crippen LogP contribution >= 0.6 is 11.3 Å². The van der Waals surface area contributed by atoms with Crippen molar-refractivity contribution in [1.82, 2.24) is 9.97 Å². The van der Waals surface area contributed by atoms with E-state index in [9.17, 15) is 4.79 Å². The number of benzene rings is 1. The number of pyridine rings is 1. The summed E-state index contributed by atoms with van der Waals surface area (Å²) in [7, 11) is 0. The van der Waals surface area contributed by atoms with Crippen LogP contribution in [0.2, 0.25) is 0 Å². The first-order chi connectivity index (χ1) is 13.7. The fourth-order valence-corrected chi connectivity index (χ4v) is 3.74. The predicted octanol–water partition coefficient (Wildman–Crippen LogP) is 4.51. The van der Waals surface area contributed by atoms with Crippen molar-refractivity contribution < 1.29 is 9.21 Å². The molecule has 28 heavy (non-hydrogen) atoms. The summed E-state index contributed by atoms with van der Waals surface area (Å²) in [6.45, 7) is 0. The Morgan fingerprint density at radius 2 is 2.04 bits per heavy atom. The molecule has 0 saturated carbocycles. The zero-order valence-corrected chi connectivity index (χ0v) is 15.4. The third-order valence-corrected chi connectivity index (χ3v) is 5.01. The molecule has 0 spiro atoms. The topological polar surface area (TPSA) is 91.8 Å². The number of nitriles is 1. The number of anilines is 1. The number of nitrogens with zero attached hydrogens (tertiary/aromatic N) is 3. The average molecular weight is 386 g/mol. The van der Waals surface area contributed by atoms with Gasteiger partial charge in [-0.2, -0.15) is 5.26 Å². The van der Waals surface area contributed by atoms with E-state index in [0.29, 0.717) is 34.1 Å². The summed E-state index contributed by atoms with van der Waals surface area (Å²) >= 11 is 1.39. The summed E-state index contributed by atoms with van der Waals surface area (Å²) in [6, 6.07) is 16.5. The van der Waals surface area contributed by atoms with Crippen LogP contribution in [0.15, 0.2) is 71.6 Å². The van der Waals surface area contributed by atoms with Crippen LogP contribution in [0, 0.1) is 11.3 Å². The Labute approximate surface area is 165 Å². The van der Waals surface area contributed by atoms with Crippen molar-refractivity contribution >= 4 is 22.4 Å². The second kappa shape index (κ2) is 7.86. The zero-order chi connectivity index (χ0) is 19.3. The minimum atomic E-state index is -0.250. The molecule has 0 fully saturated rings. The second-order valence-corrected chi connectivity index (χ2v) is 7.03. The minimum Gasteiger partial charge on any atom is -0.463 e. The van der Waals surface area contributed by atoms with E-state index in [1.807, 2.05) is 24.3 Å². The molecule has 3 heterocycles. The molecule has 6 nitrogen and oxygen atoms in total. The van der Waals surface area contributed by atoms with Crippen LogP contribution in [0.5, 0.6) is 0 Å². The molecule has 0 bridgehead atoms. The highest BCUT2D eigenvalue weighted by Crippen LogP contribution is 2.33. The maximum Gasteiger partial charge on any atom is 0.257 e. The van der Waals surface area contributed by atoms with Crippen LogP contribution in [-0.4, -0.2) is 15.9 Å². The fraction of sp³-hybridized carbons (Fsp3) is 0.0476. The summed E-state index contributed by atoms with van der Waals surface area (Å²) in [5.41, 5.74) is 2.78. The molecule has 0 atom stereocenters. The highest BCUT2D eigenvalue weighted by Gasteiger charge is 2.18. The third-order valence-electron chi connectivity index (χ3n) is 4.04. The highest BCUT2D eigenvalue weighted by molar-refractivity contribution is 7.16. The maximum absolute atomic E-state index is 12.4. The van der Waals surface area contributed by atoms with Crippen molar-refractivity contribution in [2.75, 3.05) is 5.32 Å². The van der Waals surface area contributed by atoms with E-state index in [2.05, 4.69) is 21.4 Å². The van der Waals surface area contributed by atoms with Gasteiger partial charge in [0.1, 0.15) is 5.69 Å². The van der Waals surface area contributed by atoms with Gasteiger partial charge in [-0.1, -0.05) is 12.1 Å². The van der Waals surface area contributed by atoms with Gasteiger partial charge in [-0.25, -0.2) is 4.98 Å². The number of hydrogen-bond donors (Lipinski definition) is 1. The van der Waals surface area contributed by atoms with E-state index < -0.39 is 0 Å². The van der Waals surface area contributed by atoms with Gasteiger partial charge >= 0.3 is 0 Å². The Balaban J connectivity index is 1.65. The molecule has 4 rings (SSSR count). The molecule has 0 aliphatic rings. The Morgan fingerprint density at radius 3 is 2.79 bits per heavy atom. The lowest BCUT2D eigenvalue weighted by Gasteiger charge is -2.01. The first kappa shape index (κ1) is 17.6. The van der Waals surface area contributed by atoms with Gasteiger partial charge in [-0.3, -0.25) is 15.1 Å². The van der Waals surface area contributed by atoms with Crippen LogP contribution in [0.3, 0.4) is 0 Å². The van der Waals surface area contributed by atoms with Crippen molar-refractivity contribution in [3.8, 4) is 17.5 Å². The molecule has 0 aliphatic heterocycles. The number of hydrogen-bond acceptors (Lipinski definition) is 6. The summed E-state index contributed by atoms with van der Waals surface area (Å²) in [5.74, 6) is 0.382. The van der Waals surface area contributed by atoms with E-state index in [1.165, 1.54) is 11.3 Å². The lowest BCUT2D eigenvalue weighted by Crippen LogP contribution is -2.11. The fourth-order valence-electron chi connectivity index (χ4n) is 2.74. The Kier molecular flexibility index (Phi) is 4.95. The lowest BCUT2D eigenvalue weighted by atomic mass is 10.1. The number of nitrogens with one attached hydrogen (secondary N) is 1. The second-order valence-electron chi connectivity index (χ2n) is 5.95. The monoisotopic (exact) mass is 386 g/mol. The molecule has 0 saturated heterocycles. The summed E-state index contributed by atoms with van der Waals surface area (Å²) in [4.78, 5) is 21.9. The predicted molar refractivity (Wildman–Crippen MR) is 106 cm³/mol. The molecular weight excluding hydrogens is 372 g/mol. The molecular formula is C21H14N4O2S. The number of furan rings is 1. The van der Waals surface area contributed by atoms with Gasteiger partial charge in [-0.15, -0.1) is 11.3 Å². The SMILES string of the molecule is N#Cc1cccc(Cc2sc(NC(=O)c3ccncc3)nc2-c2ccco2)c1. The molecule has 4 aromatic rings. The molecule has 0 radical (unpaired) electrons. The maximum atomic E-state index is 12.4. The number of carbonyl (C=O) groups excluding carboxylic acids is 1. The largest absolute Gasteiger partial charge is 0.463 e. The van der Waals surface area contributed by atoms with Crippen LogP contribution in [0.1, 0.15) is 26.4 Å². The van der Waals surface area contributed by atoms with Crippen molar-refractivity contribution in [1.29, 1.82) is 5.26 Å². The van der Waals surface area contributed by atoms with Gasteiger partial charge in [-0.05, 0) is 42.0 Å².